The van der Waals surface area contributed by atoms with Crippen LogP contribution in [0.3, 0.4) is 0 Å². The molecule has 0 fully saturated rings. The predicted octanol–water partition coefficient (Wildman–Crippen LogP) is 4.43. The van der Waals surface area contributed by atoms with E-state index in [1.165, 1.54) is 23.8 Å². The molecular weight excluding hydrogens is 370 g/mol. The summed E-state index contributed by atoms with van der Waals surface area (Å²) in [6.45, 7) is 6.15. The van der Waals surface area contributed by atoms with Crippen LogP contribution in [0.5, 0.6) is 0 Å². The van der Waals surface area contributed by atoms with Crippen molar-refractivity contribution in [1.29, 1.82) is 0 Å². The number of amides is 1. The molecule has 0 saturated carbocycles. The molecule has 1 amide bonds. The van der Waals surface area contributed by atoms with Gasteiger partial charge in [-0.3, -0.25) is 4.79 Å². The summed E-state index contributed by atoms with van der Waals surface area (Å²) in [6, 6.07) is 12.3. The molecule has 140 valence electrons. The third kappa shape index (κ3) is 4.86. The molecule has 0 aliphatic carbocycles. The normalized spacial score (nSPS) is 12.8. The molecule has 0 radical (unpaired) electrons. The summed E-state index contributed by atoms with van der Waals surface area (Å²) in [7, 11) is -3.51. The van der Waals surface area contributed by atoms with Crippen molar-refractivity contribution in [3.05, 3.63) is 64.2 Å². The van der Waals surface area contributed by atoms with E-state index in [2.05, 4.69) is 24.4 Å². The van der Waals surface area contributed by atoms with Gasteiger partial charge in [-0.15, -0.1) is 0 Å². The average Bonchev–Trinajstić information content (AvgIpc) is 2.58. The number of aryl methyl sites for hydroxylation is 1. The second-order valence-corrected chi connectivity index (χ2v) is 9.10. The van der Waals surface area contributed by atoms with Crippen molar-refractivity contribution in [1.82, 2.24) is 5.32 Å². The van der Waals surface area contributed by atoms with Crippen molar-refractivity contribution in [2.75, 3.05) is 6.26 Å². The molecule has 6 heteroatoms. The fourth-order valence-corrected chi connectivity index (χ4v) is 4.05. The van der Waals surface area contributed by atoms with Crippen molar-refractivity contribution < 1.29 is 13.2 Å². The Bertz CT molecular complexity index is 890. The Morgan fingerprint density at radius 1 is 1.12 bits per heavy atom. The lowest BCUT2D eigenvalue weighted by Gasteiger charge is -2.23. The molecule has 2 rings (SSSR count). The Balaban J connectivity index is 2.30. The Morgan fingerprint density at radius 3 is 2.23 bits per heavy atom. The van der Waals surface area contributed by atoms with Crippen molar-refractivity contribution in [3.8, 4) is 0 Å². The predicted molar refractivity (Wildman–Crippen MR) is 105 cm³/mol. The number of hydrogen-bond donors (Lipinski definition) is 1. The summed E-state index contributed by atoms with van der Waals surface area (Å²) in [4.78, 5) is 12.7. The first-order valence-electron chi connectivity index (χ1n) is 8.52. The van der Waals surface area contributed by atoms with Crippen LogP contribution in [-0.2, 0) is 16.3 Å². The monoisotopic (exact) mass is 393 g/mol. The maximum absolute atomic E-state index is 12.7. The maximum atomic E-state index is 12.7. The van der Waals surface area contributed by atoms with Crippen LogP contribution in [0.15, 0.2) is 47.4 Å². The van der Waals surface area contributed by atoms with Crippen molar-refractivity contribution in [3.63, 3.8) is 0 Å². The lowest BCUT2D eigenvalue weighted by molar-refractivity contribution is 0.0925. The molecule has 0 aliphatic heterocycles. The summed E-state index contributed by atoms with van der Waals surface area (Å²) in [5.74, 6) is -0.155. The molecule has 1 unspecified atom stereocenters. The van der Waals surface area contributed by atoms with Gasteiger partial charge in [0.1, 0.15) is 0 Å². The van der Waals surface area contributed by atoms with Crippen LogP contribution in [0.1, 0.15) is 48.3 Å². The quantitative estimate of drug-likeness (QED) is 0.789. The van der Waals surface area contributed by atoms with E-state index in [9.17, 15) is 13.2 Å². The zero-order valence-corrected chi connectivity index (χ0v) is 17.0. The van der Waals surface area contributed by atoms with Gasteiger partial charge >= 0.3 is 0 Å². The molecule has 0 aromatic heterocycles. The van der Waals surface area contributed by atoms with E-state index in [0.29, 0.717) is 0 Å². The Labute approximate surface area is 160 Å². The zero-order chi connectivity index (χ0) is 19.5. The second-order valence-electron chi connectivity index (χ2n) is 6.71. The highest BCUT2D eigenvalue weighted by Crippen LogP contribution is 2.25. The average molecular weight is 394 g/mol. The smallest absolute Gasteiger partial charge is 0.251 e. The maximum Gasteiger partial charge on any atom is 0.251 e. The summed E-state index contributed by atoms with van der Waals surface area (Å²) in [5.41, 5.74) is 2.52. The minimum atomic E-state index is -3.51. The van der Waals surface area contributed by atoms with Crippen LogP contribution in [-0.4, -0.2) is 20.6 Å². The van der Waals surface area contributed by atoms with Gasteiger partial charge in [-0.1, -0.05) is 56.6 Å². The molecule has 4 nitrogen and oxygen atoms in total. The first-order valence-corrected chi connectivity index (χ1v) is 10.8. The van der Waals surface area contributed by atoms with Gasteiger partial charge in [-0.2, -0.15) is 0 Å². The number of carbonyl (C=O) groups is 1. The lowest BCUT2D eigenvalue weighted by atomic mass is 9.94. The molecule has 2 aromatic rings. The van der Waals surface area contributed by atoms with Crippen LogP contribution in [0.4, 0.5) is 0 Å². The number of hydrogen-bond acceptors (Lipinski definition) is 3. The van der Waals surface area contributed by atoms with Crippen molar-refractivity contribution >= 4 is 27.3 Å². The van der Waals surface area contributed by atoms with Gasteiger partial charge in [-0.25, -0.2) is 8.42 Å². The van der Waals surface area contributed by atoms with Gasteiger partial charge in [0.15, 0.2) is 9.84 Å². The van der Waals surface area contributed by atoms with Crippen LogP contribution in [0.2, 0.25) is 5.02 Å². The minimum absolute atomic E-state index is 0.0415. The lowest BCUT2D eigenvalue weighted by Crippen LogP contribution is -2.31. The number of halogens is 1. The summed E-state index contributed by atoms with van der Waals surface area (Å²) in [5, 5.41) is 3.12. The molecule has 1 N–H and O–H groups in total. The van der Waals surface area contributed by atoms with E-state index in [4.69, 9.17) is 11.6 Å². The molecule has 26 heavy (non-hydrogen) atoms. The van der Waals surface area contributed by atoms with Crippen LogP contribution < -0.4 is 5.32 Å². The highest BCUT2D eigenvalue weighted by molar-refractivity contribution is 7.90. The zero-order valence-electron chi connectivity index (χ0n) is 15.4. The first-order chi connectivity index (χ1) is 12.1. The third-order valence-corrected chi connectivity index (χ3v) is 5.87. The van der Waals surface area contributed by atoms with Gasteiger partial charge in [0.05, 0.1) is 16.0 Å². The molecule has 0 saturated heterocycles. The third-order valence-electron chi connectivity index (χ3n) is 4.29. The molecule has 0 spiro atoms. The van der Waals surface area contributed by atoms with Crippen LogP contribution in [0.25, 0.3) is 0 Å². The number of nitrogens with one attached hydrogen (secondary N) is 1. The highest BCUT2D eigenvalue weighted by atomic mass is 35.5. The standard InChI is InChI=1S/C20H24ClNO3S/c1-5-14-6-8-15(9-7-14)19(13(2)3)22-20(23)16-10-11-17(21)18(12-16)26(4,24)25/h6-13,19H,5H2,1-4H3,(H,22,23). The molecular formula is C20H24ClNO3S. The molecule has 0 heterocycles. The molecule has 0 aliphatic rings. The molecule has 2 aromatic carbocycles. The van der Waals surface area contributed by atoms with Gasteiger partial charge in [0.2, 0.25) is 0 Å². The number of benzene rings is 2. The SMILES string of the molecule is CCc1ccc(C(NC(=O)c2ccc(Cl)c(S(C)(=O)=O)c2)C(C)C)cc1. The van der Waals surface area contributed by atoms with E-state index in [0.717, 1.165) is 18.2 Å². The molecule has 1 atom stereocenters. The first kappa shape index (κ1) is 20.5. The Morgan fingerprint density at radius 2 is 1.73 bits per heavy atom. The summed E-state index contributed by atoms with van der Waals surface area (Å²) in [6.07, 6.45) is 2.03. The van der Waals surface area contributed by atoms with Gasteiger partial charge in [0, 0.05) is 11.8 Å². The minimum Gasteiger partial charge on any atom is -0.345 e. The second kappa shape index (κ2) is 8.23. The fraction of sp³-hybridized carbons (Fsp3) is 0.350. The van der Waals surface area contributed by atoms with Gasteiger partial charge in [0.25, 0.3) is 5.91 Å². The Hall–Kier alpha value is -1.85. The largest absolute Gasteiger partial charge is 0.345 e. The Kier molecular flexibility index (Phi) is 6.48. The van der Waals surface area contributed by atoms with Gasteiger partial charge in [-0.05, 0) is 41.7 Å². The van der Waals surface area contributed by atoms with E-state index >= 15 is 0 Å². The van der Waals surface area contributed by atoms with E-state index in [1.54, 1.807) is 0 Å². The van der Waals surface area contributed by atoms with Crippen molar-refractivity contribution in [2.24, 2.45) is 5.92 Å². The van der Waals surface area contributed by atoms with Crippen molar-refractivity contribution in [2.45, 2.75) is 38.1 Å². The molecule has 0 bridgehead atoms. The van der Waals surface area contributed by atoms with E-state index in [-0.39, 0.29) is 33.3 Å². The summed E-state index contributed by atoms with van der Waals surface area (Å²) >= 11 is 5.96. The van der Waals surface area contributed by atoms with Crippen LogP contribution >= 0.6 is 11.6 Å². The highest BCUT2D eigenvalue weighted by Gasteiger charge is 2.21. The van der Waals surface area contributed by atoms with Gasteiger partial charge < -0.3 is 5.32 Å². The van der Waals surface area contributed by atoms with E-state index in [1.807, 2.05) is 26.0 Å². The van der Waals surface area contributed by atoms with E-state index < -0.39 is 9.84 Å². The number of sulfone groups is 1. The fourth-order valence-electron chi connectivity index (χ4n) is 2.75. The number of carbonyl (C=O) groups excluding carboxylic acids is 1. The topological polar surface area (TPSA) is 63.2 Å². The van der Waals surface area contributed by atoms with Crippen LogP contribution in [0, 0.1) is 5.92 Å². The summed E-state index contributed by atoms with van der Waals surface area (Å²) < 4.78 is 23.6. The number of rotatable bonds is 6.